The van der Waals surface area contributed by atoms with Crippen LogP contribution < -0.4 is 0 Å². The molecule has 0 bridgehead atoms. The van der Waals surface area contributed by atoms with Crippen LogP contribution >= 0.6 is 0 Å². The fourth-order valence-electron chi connectivity index (χ4n) is 2.80. The monoisotopic (exact) mass is 386 g/mol. The second-order valence-corrected chi connectivity index (χ2v) is 6.27. The summed E-state index contributed by atoms with van der Waals surface area (Å²) < 4.78 is 0. The van der Waals surface area contributed by atoms with E-state index in [0.29, 0.717) is 6.42 Å². The van der Waals surface area contributed by atoms with Gasteiger partial charge >= 0.3 is 0 Å². The van der Waals surface area contributed by atoms with Crippen molar-refractivity contribution in [2.24, 2.45) is 5.92 Å². The number of carbonyl (C=O) groups is 2. The van der Waals surface area contributed by atoms with Crippen LogP contribution in [-0.4, -0.2) is 45.6 Å². The predicted octanol–water partition coefficient (Wildman–Crippen LogP) is 3.32. The first-order valence-corrected chi connectivity index (χ1v) is 8.80. The standard InChI is InChI=1S/C18H18O2.2C2H4O2/c19-11-13(12-20)9-18-16-7-3-1-5-14(16)10-15-6-2-4-8-17(15)18;2*1-2(3)4/h1-8,10,13,19-20H,9,11-12H2;2*1H3,(H,3,4). The summed E-state index contributed by atoms with van der Waals surface area (Å²) in [6.07, 6.45) is 0.689. The molecule has 0 aliphatic carbocycles. The molecule has 0 radical (unpaired) electrons. The third-order valence-electron chi connectivity index (χ3n) is 3.89. The summed E-state index contributed by atoms with van der Waals surface area (Å²) in [5.74, 6) is -1.77. The third kappa shape index (κ3) is 7.34. The van der Waals surface area contributed by atoms with Gasteiger partial charge in [-0.3, -0.25) is 9.59 Å². The van der Waals surface area contributed by atoms with E-state index in [-0.39, 0.29) is 19.1 Å². The van der Waals surface area contributed by atoms with Crippen LogP contribution in [0.25, 0.3) is 21.5 Å². The molecule has 150 valence electrons. The Bertz CT molecular complexity index is 841. The molecule has 3 rings (SSSR count). The number of hydrogen-bond donors (Lipinski definition) is 4. The highest BCUT2D eigenvalue weighted by atomic mass is 16.4. The summed E-state index contributed by atoms with van der Waals surface area (Å²) in [4.78, 5) is 18.0. The maximum Gasteiger partial charge on any atom is 0.300 e. The lowest BCUT2D eigenvalue weighted by Gasteiger charge is -2.16. The molecule has 0 aliphatic rings. The van der Waals surface area contributed by atoms with E-state index in [2.05, 4.69) is 30.3 Å². The van der Waals surface area contributed by atoms with Crippen molar-refractivity contribution in [3.05, 3.63) is 60.2 Å². The minimum Gasteiger partial charge on any atom is -0.481 e. The molecule has 0 amide bonds. The van der Waals surface area contributed by atoms with Crippen LogP contribution in [0.3, 0.4) is 0 Å². The van der Waals surface area contributed by atoms with E-state index >= 15 is 0 Å². The van der Waals surface area contributed by atoms with E-state index in [0.717, 1.165) is 13.8 Å². The zero-order chi connectivity index (χ0) is 21.1. The zero-order valence-electron chi connectivity index (χ0n) is 16.0. The van der Waals surface area contributed by atoms with Crippen molar-refractivity contribution < 1.29 is 30.0 Å². The van der Waals surface area contributed by atoms with Gasteiger partial charge in [0.1, 0.15) is 0 Å². The summed E-state index contributed by atoms with van der Waals surface area (Å²) in [6.45, 7) is 2.18. The van der Waals surface area contributed by atoms with Gasteiger partial charge in [-0.1, -0.05) is 48.5 Å². The van der Waals surface area contributed by atoms with Gasteiger partial charge in [-0.15, -0.1) is 0 Å². The molecule has 0 unspecified atom stereocenters. The summed E-state index contributed by atoms with van der Waals surface area (Å²) in [5, 5.41) is 38.4. The predicted molar refractivity (Wildman–Crippen MR) is 109 cm³/mol. The molecule has 0 aromatic heterocycles. The number of hydrogen-bond acceptors (Lipinski definition) is 4. The van der Waals surface area contributed by atoms with E-state index in [4.69, 9.17) is 19.8 Å². The summed E-state index contributed by atoms with van der Waals surface area (Å²) in [6, 6.07) is 18.8. The van der Waals surface area contributed by atoms with Crippen LogP contribution in [0.5, 0.6) is 0 Å². The molecule has 0 fully saturated rings. The first kappa shape index (κ1) is 23.1. The number of rotatable bonds is 4. The first-order valence-electron chi connectivity index (χ1n) is 8.80. The topological polar surface area (TPSA) is 115 Å². The Labute approximate surface area is 163 Å². The van der Waals surface area contributed by atoms with Crippen LogP contribution in [0.4, 0.5) is 0 Å². The third-order valence-corrected chi connectivity index (χ3v) is 3.89. The number of carboxylic acid groups (broad SMARTS) is 2. The smallest absolute Gasteiger partial charge is 0.300 e. The molecule has 6 nitrogen and oxygen atoms in total. The van der Waals surface area contributed by atoms with Crippen LogP contribution in [0.1, 0.15) is 19.4 Å². The minimum atomic E-state index is -0.833. The maximum atomic E-state index is 9.37. The number of aliphatic hydroxyl groups is 2. The van der Waals surface area contributed by atoms with Crippen molar-refractivity contribution in [2.45, 2.75) is 20.3 Å². The average Bonchev–Trinajstić information content (AvgIpc) is 2.64. The van der Waals surface area contributed by atoms with Crippen molar-refractivity contribution in [2.75, 3.05) is 13.2 Å². The SMILES string of the molecule is CC(=O)O.CC(=O)O.OCC(CO)Cc1c2ccccc2cc2ccccc12. The Morgan fingerprint density at radius 3 is 1.50 bits per heavy atom. The molecule has 3 aromatic carbocycles. The Balaban J connectivity index is 0.000000420. The Morgan fingerprint density at radius 2 is 1.14 bits per heavy atom. The van der Waals surface area contributed by atoms with Crippen LogP contribution in [0, 0.1) is 5.92 Å². The van der Waals surface area contributed by atoms with Crippen LogP contribution in [0.2, 0.25) is 0 Å². The molecule has 6 heteroatoms. The van der Waals surface area contributed by atoms with Crippen molar-refractivity contribution in [1.82, 2.24) is 0 Å². The van der Waals surface area contributed by atoms with Gasteiger partial charge in [0.2, 0.25) is 0 Å². The van der Waals surface area contributed by atoms with E-state index in [1.54, 1.807) is 0 Å². The molecular formula is C22H26O6. The Hall–Kier alpha value is -2.96. The highest BCUT2D eigenvalue weighted by Gasteiger charge is 2.13. The van der Waals surface area contributed by atoms with Gasteiger partial charge < -0.3 is 20.4 Å². The molecule has 0 saturated carbocycles. The molecule has 0 heterocycles. The Kier molecular flexibility index (Phi) is 9.64. The summed E-state index contributed by atoms with van der Waals surface area (Å²) in [5.41, 5.74) is 1.21. The van der Waals surface area contributed by atoms with E-state index in [1.165, 1.54) is 27.1 Å². The van der Waals surface area contributed by atoms with Gasteiger partial charge in [0.15, 0.2) is 0 Å². The normalized spacial score (nSPS) is 10.0. The van der Waals surface area contributed by atoms with Gasteiger partial charge in [-0.2, -0.15) is 0 Å². The molecule has 0 spiro atoms. The van der Waals surface area contributed by atoms with Crippen molar-refractivity contribution >= 4 is 33.5 Å². The van der Waals surface area contributed by atoms with Crippen LogP contribution in [0.15, 0.2) is 54.6 Å². The second-order valence-electron chi connectivity index (χ2n) is 6.27. The lowest BCUT2D eigenvalue weighted by Crippen LogP contribution is -2.14. The summed E-state index contributed by atoms with van der Waals surface area (Å²) in [7, 11) is 0. The minimum absolute atomic E-state index is 0.00798. The van der Waals surface area contributed by atoms with E-state index in [1.807, 2.05) is 24.3 Å². The van der Waals surface area contributed by atoms with Crippen molar-refractivity contribution in [3.63, 3.8) is 0 Å². The molecule has 0 saturated heterocycles. The number of benzene rings is 3. The maximum absolute atomic E-state index is 9.37. The lowest BCUT2D eigenvalue weighted by molar-refractivity contribution is -0.135. The second kappa shape index (κ2) is 11.7. The van der Waals surface area contributed by atoms with Crippen molar-refractivity contribution in [1.29, 1.82) is 0 Å². The van der Waals surface area contributed by atoms with Gasteiger partial charge in [0.25, 0.3) is 11.9 Å². The number of fused-ring (bicyclic) bond motifs is 2. The lowest BCUT2D eigenvalue weighted by atomic mass is 9.91. The average molecular weight is 386 g/mol. The molecule has 0 atom stereocenters. The fraction of sp³-hybridized carbons (Fsp3) is 0.273. The molecule has 28 heavy (non-hydrogen) atoms. The Morgan fingerprint density at radius 1 is 0.786 bits per heavy atom. The highest BCUT2D eigenvalue weighted by Crippen LogP contribution is 2.30. The van der Waals surface area contributed by atoms with Gasteiger partial charge in [0, 0.05) is 33.0 Å². The van der Waals surface area contributed by atoms with Crippen molar-refractivity contribution in [3.8, 4) is 0 Å². The number of aliphatic carboxylic acids is 2. The van der Waals surface area contributed by atoms with Gasteiger partial charge in [0.05, 0.1) is 0 Å². The molecule has 0 aliphatic heterocycles. The number of aliphatic hydroxyl groups excluding tert-OH is 2. The zero-order valence-corrected chi connectivity index (χ0v) is 16.0. The van der Waals surface area contributed by atoms with Gasteiger partial charge in [-0.25, -0.2) is 0 Å². The molecular weight excluding hydrogens is 360 g/mol. The quantitative estimate of drug-likeness (QED) is 0.511. The molecule has 4 N–H and O–H groups in total. The van der Waals surface area contributed by atoms with E-state index < -0.39 is 11.9 Å². The van der Waals surface area contributed by atoms with E-state index in [9.17, 15) is 10.2 Å². The molecule has 3 aromatic rings. The first-order chi connectivity index (χ1) is 13.3. The fourth-order valence-corrected chi connectivity index (χ4v) is 2.80. The largest absolute Gasteiger partial charge is 0.481 e. The van der Waals surface area contributed by atoms with Gasteiger partial charge in [-0.05, 0) is 39.6 Å². The highest BCUT2D eigenvalue weighted by molar-refractivity contribution is 6.02. The summed E-state index contributed by atoms with van der Waals surface area (Å²) >= 11 is 0. The number of carboxylic acids is 2. The van der Waals surface area contributed by atoms with Crippen LogP contribution in [-0.2, 0) is 16.0 Å².